The zero-order chi connectivity index (χ0) is 2.71. The smallest absolute Gasteiger partial charge is 0.245 e. The van der Waals surface area contributed by atoms with Gasteiger partial charge in [0.05, 0.1) is 0 Å². The standard InChI is InChI=1S/C3H5.Al.Li.3H/c1-3-2;;;;;/h3H,1-2H2;;;;;/q-1;;+1;;;. The molecule has 0 fully saturated rings. The molecule has 0 aliphatic carbocycles. The van der Waals surface area contributed by atoms with Gasteiger partial charge < -0.3 is 0 Å². The number of rotatable bonds is 0. The average molecular weight is 78.0 g/mol. The summed E-state index contributed by atoms with van der Waals surface area (Å²) in [6.45, 7) is 6.50. The molecule has 0 amide bonds. The molecule has 0 atom stereocenters. The van der Waals surface area contributed by atoms with Gasteiger partial charge in [-0.3, -0.25) is 0 Å². The minimum absolute atomic E-state index is 0. The van der Waals surface area contributed by atoms with Crippen LogP contribution in [0.4, 0.5) is 0 Å². The third-order valence-corrected chi connectivity index (χ3v) is 0. The van der Waals surface area contributed by atoms with E-state index in [1.54, 1.807) is 0 Å². The first-order chi connectivity index (χ1) is 1.41. The molecular formula is C3H8AlLi. The van der Waals surface area contributed by atoms with Crippen LogP contribution in [0, 0.1) is 6.92 Å². The van der Waals surface area contributed by atoms with E-state index in [-0.39, 0.29) is 36.2 Å². The quantitative estimate of drug-likeness (QED) is 0.212. The summed E-state index contributed by atoms with van der Waals surface area (Å²) in [4.78, 5) is 0. The maximum atomic E-state index is 3.25. The maximum Gasteiger partial charge on any atom is 1.00 e. The third-order valence-electron chi connectivity index (χ3n) is 0. The molecule has 0 unspecified atom stereocenters. The molecule has 0 heterocycles. The van der Waals surface area contributed by atoms with E-state index in [9.17, 15) is 0 Å². The molecule has 24 valence electrons. The first kappa shape index (κ1) is 17.2. The van der Waals surface area contributed by atoms with Crippen LogP contribution in [-0.2, 0) is 0 Å². The molecule has 2 heteroatoms. The fraction of sp³-hybridized carbons (Fsp3) is 0. The summed E-state index contributed by atoms with van der Waals surface area (Å²) in [7, 11) is 0. The molecular weight excluding hydrogens is 70.0 g/mol. The molecule has 0 radical (unpaired) electrons. The molecule has 0 aromatic heterocycles. The summed E-state index contributed by atoms with van der Waals surface area (Å²) in [5.41, 5.74) is 0. The van der Waals surface area contributed by atoms with Crippen molar-refractivity contribution in [1.29, 1.82) is 0 Å². The van der Waals surface area contributed by atoms with Gasteiger partial charge >= 0.3 is 18.9 Å². The third kappa shape index (κ3) is 65.0. The van der Waals surface area contributed by atoms with Crippen molar-refractivity contribution in [2.45, 2.75) is 0 Å². The van der Waals surface area contributed by atoms with Crippen LogP contribution in [0.15, 0.2) is 12.7 Å². The summed E-state index contributed by atoms with van der Waals surface area (Å²) < 4.78 is 0. The van der Waals surface area contributed by atoms with Gasteiger partial charge in [-0.15, -0.1) is 0 Å². The molecule has 0 spiro atoms. The van der Waals surface area contributed by atoms with E-state index in [1.807, 2.05) is 0 Å². The largest absolute Gasteiger partial charge is 1.00 e. The van der Waals surface area contributed by atoms with E-state index in [2.05, 4.69) is 13.5 Å². The molecule has 0 aromatic rings. The predicted octanol–water partition coefficient (Wildman–Crippen LogP) is -3.17. The van der Waals surface area contributed by atoms with Gasteiger partial charge in [0, 0.05) is 0 Å². The summed E-state index contributed by atoms with van der Waals surface area (Å²) in [5, 5.41) is 0. The van der Waals surface area contributed by atoms with E-state index in [1.165, 1.54) is 6.08 Å². The van der Waals surface area contributed by atoms with Crippen molar-refractivity contribution in [2.24, 2.45) is 0 Å². The van der Waals surface area contributed by atoms with Crippen LogP contribution in [0.5, 0.6) is 0 Å². The van der Waals surface area contributed by atoms with Crippen molar-refractivity contribution in [3.8, 4) is 0 Å². The first-order valence-corrected chi connectivity index (χ1v) is 0.816. The number of hydrogen-bond acceptors (Lipinski definition) is 0. The summed E-state index contributed by atoms with van der Waals surface area (Å²) in [5.74, 6) is 0. The van der Waals surface area contributed by atoms with Crippen molar-refractivity contribution >= 4 is 17.4 Å². The predicted molar refractivity (Wildman–Crippen MR) is 25.5 cm³/mol. The van der Waals surface area contributed by atoms with E-state index in [4.69, 9.17) is 0 Å². The Morgan fingerprint density at radius 1 is 1.60 bits per heavy atom. The Kier molecular flexibility index (Phi) is 75.2. The van der Waals surface area contributed by atoms with Crippen LogP contribution >= 0.6 is 0 Å². The van der Waals surface area contributed by atoms with Gasteiger partial charge in [-0.25, -0.2) is 19.6 Å². The second kappa shape index (κ2) is 21.9. The van der Waals surface area contributed by atoms with Gasteiger partial charge in [-0.1, -0.05) is 0 Å². The molecule has 0 aromatic carbocycles. The molecule has 0 saturated carbocycles. The minimum Gasteiger partial charge on any atom is -0.245 e. The SMILES string of the molecule is C=C[CH2-].[AlH3].[Li+]. The Hall–Kier alpha value is 0.740. The average Bonchev–Trinajstić information content (AvgIpc) is 0.918. The van der Waals surface area contributed by atoms with Crippen LogP contribution in [0.2, 0.25) is 0 Å². The molecule has 5 heavy (non-hydrogen) atoms. The molecule has 0 saturated heterocycles. The Bertz CT molecular complexity index is 14.4. The molecule has 0 N–H and O–H groups in total. The first-order valence-electron chi connectivity index (χ1n) is 0.816. The molecule has 0 nitrogen and oxygen atoms in total. The Morgan fingerprint density at radius 3 is 1.60 bits per heavy atom. The molecule has 0 rings (SSSR count). The van der Waals surface area contributed by atoms with Crippen molar-refractivity contribution < 1.29 is 18.9 Å². The summed E-state index contributed by atoms with van der Waals surface area (Å²) in [6, 6.07) is 0. The van der Waals surface area contributed by atoms with Crippen LogP contribution < -0.4 is 18.9 Å². The van der Waals surface area contributed by atoms with Crippen molar-refractivity contribution in [3.05, 3.63) is 19.6 Å². The van der Waals surface area contributed by atoms with Gasteiger partial charge in [0.25, 0.3) is 0 Å². The van der Waals surface area contributed by atoms with Crippen LogP contribution in [0.3, 0.4) is 0 Å². The summed E-state index contributed by atoms with van der Waals surface area (Å²) in [6.07, 6.45) is 1.50. The molecule has 0 bridgehead atoms. The zero-order valence-electron chi connectivity index (χ0n) is 2.99. The van der Waals surface area contributed by atoms with Gasteiger partial charge in [0.15, 0.2) is 17.4 Å². The molecule has 0 aliphatic rings. The van der Waals surface area contributed by atoms with Crippen LogP contribution in [0.25, 0.3) is 0 Å². The van der Waals surface area contributed by atoms with E-state index >= 15 is 0 Å². The van der Waals surface area contributed by atoms with E-state index < -0.39 is 0 Å². The maximum absolute atomic E-state index is 3.25. The van der Waals surface area contributed by atoms with Crippen LogP contribution in [-0.4, -0.2) is 17.4 Å². The van der Waals surface area contributed by atoms with E-state index in [0.29, 0.717) is 0 Å². The minimum atomic E-state index is 0. The topological polar surface area (TPSA) is 0 Å². The number of hydrogen-bond donors (Lipinski definition) is 0. The van der Waals surface area contributed by atoms with Crippen molar-refractivity contribution in [1.82, 2.24) is 0 Å². The fourth-order valence-electron chi connectivity index (χ4n) is 0. The van der Waals surface area contributed by atoms with Gasteiger partial charge in [0.2, 0.25) is 0 Å². The second-order valence-electron chi connectivity index (χ2n) is 0.289. The Balaban J connectivity index is -0.0000000200. The Morgan fingerprint density at radius 2 is 1.60 bits per heavy atom. The van der Waals surface area contributed by atoms with Crippen molar-refractivity contribution in [2.75, 3.05) is 0 Å². The monoisotopic (exact) mass is 78.1 g/mol. The van der Waals surface area contributed by atoms with E-state index in [0.717, 1.165) is 0 Å². The number of allylic oxidation sites excluding steroid dienone is 1. The normalized spacial score (nSPS) is 2.40. The second-order valence-corrected chi connectivity index (χ2v) is 0.289. The van der Waals surface area contributed by atoms with Crippen molar-refractivity contribution in [3.63, 3.8) is 0 Å². The van der Waals surface area contributed by atoms with Gasteiger partial charge in [0.1, 0.15) is 0 Å². The Labute approximate surface area is 56.0 Å². The van der Waals surface area contributed by atoms with Gasteiger partial charge in [-0.2, -0.15) is 0 Å². The fourth-order valence-corrected chi connectivity index (χ4v) is 0. The van der Waals surface area contributed by atoms with Crippen LogP contribution in [0.1, 0.15) is 0 Å². The van der Waals surface area contributed by atoms with Gasteiger partial charge in [-0.05, 0) is 0 Å². The molecule has 0 aliphatic heterocycles. The zero-order valence-corrected chi connectivity index (χ0v) is 2.99. The summed E-state index contributed by atoms with van der Waals surface area (Å²) >= 11 is 0.